The van der Waals surface area contributed by atoms with Crippen LogP contribution >= 0.6 is 0 Å². The average Bonchev–Trinajstić information content (AvgIpc) is 2.82. The van der Waals surface area contributed by atoms with Crippen LogP contribution in [0.5, 0.6) is 11.5 Å². The van der Waals surface area contributed by atoms with Crippen LogP contribution in [0.4, 0.5) is 0 Å². The van der Waals surface area contributed by atoms with Gasteiger partial charge in [0.25, 0.3) is 0 Å². The van der Waals surface area contributed by atoms with Crippen molar-refractivity contribution in [3.63, 3.8) is 0 Å². The van der Waals surface area contributed by atoms with E-state index < -0.39 is 0 Å². The summed E-state index contributed by atoms with van der Waals surface area (Å²) in [5, 5.41) is 22.4. The Labute approximate surface area is 244 Å². The van der Waals surface area contributed by atoms with E-state index in [1.165, 1.54) is 11.1 Å². The van der Waals surface area contributed by atoms with Crippen molar-refractivity contribution in [3.8, 4) is 11.5 Å². The van der Waals surface area contributed by atoms with Crippen LogP contribution in [-0.4, -0.2) is 34.7 Å². The Bertz CT molecular complexity index is 1110. The first-order valence-electron chi connectivity index (χ1n) is 15.3. The smallest absolute Gasteiger partial charge is 0.128 e. The summed E-state index contributed by atoms with van der Waals surface area (Å²) >= 11 is 0. The van der Waals surface area contributed by atoms with E-state index in [-0.39, 0.29) is 22.9 Å². The zero-order valence-corrected chi connectivity index (χ0v) is 26.8. The molecule has 40 heavy (non-hydrogen) atoms. The van der Waals surface area contributed by atoms with E-state index in [0.29, 0.717) is 23.3 Å². The fraction of sp³-hybridized carbons (Fsp3) is 0.611. The number of nitrogens with zero attached hydrogens (tertiary/aromatic N) is 2. The highest BCUT2D eigenvalue weighted by molar-refractivity contribution is 5.86. The minimum Gasteiger partial charge on any atom is -0.507 e. The summed E-state index contributed by atoms with van der Waals surface area (Å²) in [7, 11) is 0. The Morgan fingerprint density at radius 3 is 1.32 bits per heavy atom. The highest BCUT2D eigenvalue weighted by atomic mass is 16.3. The molecule has 0 amide bonds. The van der Waals surface area contributed by atoms with Crippen LogP contribution in [0, 0.1) is 11.8 Å². The van der Waals surface area contributed by atoms with Crippen molar-refractivity contribution in [1.29, 1.82) is 0 Å². The van der Waals surface area contributed by atoms with Crippen LogP contribution in [0.15, 0.2) is 34.3 Å². The zero-order valence-electron chi connectivity index (χ0n) is 26.8. The number of phenols is 2. The van der Waals surface area contributed by atoms with Gasteiger partial charge in [0.15, 0.2) is 0 Å². The topological polar surface area (TPSA) is 65.2 Å². The lowest BCUT2D eigenvalue weighted by Crippen LogP contribution is -2.27. The van der Waals surface area contributed by atoms with Gasteiger partial charge < -0.3 is 10.2 Å². The third-order valence-electron chi connectivity index (χ3n) is 7.81. The van der Waals surface area contributed by atoms with Gasteiger partial charge in [-0.1, -0.05) is 94.2 Å². The summed E-state index contributed by atoms with van der Waals surface area (Å²) in [6.45, 7) is 21.8. The molecule has 0 saturated heterocycles. The van der Waals surface area contributed by atoms with Gasteiger partial charge in [0.05, 0.1) is 12.1 Å². The Morgan fingerprint density at radius 2 is 1.02 bits per heavy atom. The van der Waals surface area contributed by atoms with E-state index >= 15 is 0 Å². The fourth-order valence-electron chi connectivity index (χ4n) is 5.75. The van der Waals surface area contributed by atoms with Crippen LogP contribution < -0.4 is 0 Å². The molecule has 1 aliphatic rings. The van der Waals surface area contributed by atoms with Crippen LogP contribution in [0.25, 0.3) is 0 Å². The fourth-order valence-corrected chi connectivity index (χ4v) is 5.75. The van der Waals surface area contributed by atoms with Crippen molar-refractivity contribution in [3.05, 3.63) is 57.6 Å². The standard InChI is InChI=1S/C36H54N2O2/c1-23(2)15-25-17-27(33(39)29(19-25)35(5,6)7)21-37-31-13-11-12-14-32(31)38-22-28-18-26(16-24(3)4)20-30(34(28)40)36(8,9)10/h17-24,31-32,39-40H,11-16H2,1-10H3. The first-order valence-corrected chi connectivity index (χ1v) is 15.3. The molecule has 0 aromatic heterocycles. The molecule has 1 saturated carbocycles. The number of rotatable bonds is 8. The van der Waals surface area contributed by atoms with Gasteiger partial charge in [-0.15, -0.1) is 0 Å². The summed E-state index contributed by atoms with van der Waals surface area (Å²) in [5.74, 6) is 1.74. The Morgan fingerprint density at radius 1 is 0.675 bits per heavy atom. The van der Waals surface area contributed by atoms with Crippen molar-refractivity contribution in [1.82, 2.24) is 0 Å². The quantitative estimate of drug-likeness (QED) is 0.325. The molecular formula is C36H54N2O2. The van der Waals surface area contributed by atoms with Crippen molar-refractivity contribution in [2.24, 2.45) is 21.8 Å². The molecule has 2 aromatic rings. The largest absolute Gasteiger partial charge is 0.507 e. The molecule has 4 heteroatoms. The maximum Gasteiger partial charge on any atom is 0.128 e. The van der Waals surface area contributed by atoms with Crippen LogP contribution in [-0.2, 0) is 23.7 Å². The van der Waals surface area contributed by atoms with Crippen LogP contribution in [0.2, 0.25) is 0 Å². The van der Waals surface area contributed by atoms with Crippen molar-refractivity contribution in [2.75, 3.05) is 0 Å². The monoisotopic (exact) mass is 546 g/mol. The average molecular weight is 547 g/mol. The molecule has 2 unspecified atom stereocenters. The number of aromatic hydroxyl groups is 2. The molecule has 2 N–H and O–H groups in total. The molecule has 2 aromatic carbocycles. The second kappa shape index (κ2) is 12.9. The summed E-state index contributed by atoms with van der Waals surface area (Å²) in [6, 6.07) is 8.62. The number of aliphatic imine (C=N–C) groups is 2. The first-order chi connectivity index (χ1) is 18.6. The van der Waals surface area contributed by atoms with Crippen LogP contribution in [0.1, 0.15) is 128 Å². The van der Waals surface area contributed by atoms with Crippen molar-refractivity contribution < 1.29 is 10.2 Å². The van der Waals surface area contributed by atoms with E-state index in [1.54, 1.807) is 0 Å². The van der Waals surface area contributed by atoms with Gasteiger partial charge in [0.1, 0.15) is 11.5 Å². The molecule has 1 aliphatic carbocycles. The molecule has 2 atom stereocenters. The summed E-state index contributed by atoms with van der Waals surface area (Å²) in [4.78, 5) is 10.1. The molecule has 220 valence electrons. The lowest BCUT2D eigenvalue weighted by molar-refractivity contribution is 0.390. The number of benzene rings is 2. The minimum atomic E-state index is -0.157. The van der Waals surface area contributed by atoms with E-state index in [4.69, 9.17) is 9.98 Å². The molecular weight excluding hydrogens is 492 g/mol. The maximum absolute atomic E-state index is 11.2. The number of hydrogen-bond donors (Lipinski definition) is 2. The molecule has 0 radical (unpaired) electrons. The van der Waals surface area contributed by atoms with Crippen molar-refractivity contribution >= 4 is 12.4 Å². The third-order valence-corrected chi connectivity index (χ3v) is 7.81. The molecule has 0 bridgehead atoms. The normalized spacial score (nSPS) is 19.0. The second-order valence-corrected chi connectivity index (χ2v) is 14.8. The van der Waals surface area contributed by atoms with E-state index in [2.05, 4.69) is 93.5 Å². The molecule has 0 heterocycles. The van der Waals surface area contributed by atoms with E-state index in [1.807, 2.05) is 12.4 Å². The van der Waals surface area contributed by atoms with Gasteiger partial charge in [-0.3, -0.25) is 9.98 Å². The Kier molecular flexibility index (Phi) is 10.3. The molecule has 3 rings (SSSR count). The van der Waals surface area contributed by atoms with Crippen LogP contribution in [0.3, 0.4) is 0 Å². The predicted molar refractivity (Wildman–Crippen MR) is 172 cm³/mol. The number of phenolic OH excluding ortho intramolecular Hbond substituents is 2. The Hall–Kier alpha value is -2.62. The zero-order chi connectivity index (χ0) is 29.8. The summed E-state index contributed by atoms with van der Waals surface area (Å²) in [5.41, 5.74) is 5.70. The maximum atomic E-state index is 11.2. The highest BCUT2D eigenvalue weighted by Crippen LogP contribution is 2.36. The lowest BCUT2D eigenvalue weighted by atomic mass is 9.83. The summed E-state index contributed by atoms with van der Waals surface area (Å²) in [6.07, 6.45) is 9.91. The van der Waals surface area contributed by atoms with E-state index in [9.17, 15) is 10.2 Å². The highest BCUT2D eigenvalue weighted by Gasteiger charge is 2.26. The first kappa shape index (κ1) is 31.9. The molecule has 0 spiro atoms. The lowest BCUT2D eigenvalue weighted by Gasteiger charge is -2.26. The third kappa shape index (κ3) is 8.44. The minimum absolute atomic E-state index is 0.0549. The van der Waals surface area contributed by atoms with Gasteiger partial charge in [-0.25, -0.2) is 0 Å². The molecule has 1 fully saturated rings. The van der Waals surface area contributed by atoms with Gasteiger partial charge in [-0.05, 0) is 71.6 Å². The van der Waals surface area contributed by atoms with Gasteiger partial charge in [0, 0.05) is 34.7 Å². The Balaban J connectivity index is 1.94. The SMILES string of the molecule is CC(C)Cc1cc(C=NC2CCCCC2N=Cc2cc(CC(C)C)cc(C(C)(C)C)c2O)c(O)c(C(C)(C)C)c1. The predicted octanol–water partition coefficient (Wildman–Crippen LogP) is 8.94. The second-order valence-electron chi connectivity index (χ2n) is 14.8. The van der Waals surface area contributed by atoms with Gasteiger partial charge in [0.2, 0.25) is 0 Å². The summed E-state index contributed by atoms with van der Waals surface area (Å²) < 4.78 is 0. The van der Waals surface area contributed by atoms with Gasteiger partial charge in [-0.2, -0.15) is 0 Å². The molecule has 4 nitrogen and oxygen atoms in total. The van der Waals surface area contributed by atoms with Crippen molar-refractivity contribution in [2.45, 2.75) is 131 Å². The van der Waals surface area contributed by atoms with Gasteiger partial charge >= 0.3 is 0 Å². The number of hydrogen-bond acceptors (Lipinski definition) is 4. The molecule has 0 aliphatic heterocycles. The van der Waals surface area contributed by atoms with E-state index in [0.717, 1.165) is 60.8 Å².